The van der Waals surface area contributed by atoms with Crippen LogP contribution in [0.3, 0.4) is 0 Å². The first kappa shape index (κ1) is 13.6. The van der Waals surface area contributed by atoms with Gasteiger partial charge in [-0.15, -0.1) is 11.8 Å². The molecule has 0 spiro atoms. The zero-order valence-corrected chi connectivity index (χ0v) is 12.2. The standard InChI is InChI=1S/C15H13ClFNOS/c16-10-1-4-15-9(5-10)6-11(19-15)8-20-12-2-3-14(18)13(17)7-12/h1-5,7,11H,6,8,18H2. The lowest BCUT2D eigenvalue weighted by molar-refractivity contribution is 0.259. The monoisotopic (exact) mass is 309 g/mol. The van der Waals surface area contributed by atoms with Crippen LogP contribution in [0.2, 0.25) is 5.02 Å². The minimum absolute atomic E-state index is 0.0917. The minimum Gasteiger partial charge on any atom is -0.489 e. The highest BCUT2D eigenvalue weighted by atomic mass is 35.5. The van der Waals surface area contributed by atoms with Gasteiger partial charge in [-0.25, -0.2) is 4.39 Å². The molecule has 0 aliphatic carbocycles. The Kier molecular flexibility index (Phi) is 3.76. The molecule has 0 bridgehead atoms. The third kappa shape index (κ3) is 2.86. The van der Waals surface area contributed by atoms with Gasteiger partial charge in [0.15, 0.2) is 0 Å². The Hall–Kier alpha value is -1.39. The van der Waals surface area contributed by atoms with E-state index in [9.17, 15) is 4.39 Å². The molecule has 0 fully saturated rings. The van der Waals surface area contributed by atoms with Crippen molar-refractivity contribution in [2.24, 2.45) is 0 Å². The van der Waals surface area contributed by atoms with E-state index < -0.39 is 0 Å². The van der Waals surface area contributed by atoms with E-state index in [-0.39, 0.29) is 17.6 Å². The average Bonchev–Trinajstić information content (AvgIpc) is 2.82. The first-order valence-corrected chi connectivity index (χ1v) is 7.61. The quantitative estimate of drug-likeness (QED) is 0.683. The SMILES string of the molecule is Nc1ccc(SCC2Cc3cc(Cl)ccc3O2)cc1F. The van der Waals surface area contributed by atoms with E-state index in [1.165, 1.54) is 6.07 Å². The molecular formula is C15H13ClFNOS. The van der Waals surface area contributed by atoms with Crippen LogP contribution in [-0.4, -0.2) is 11.9 Å². The molecule has 0 saturated carbocycles. The second-order valence-corrected chi connectivity index (χ2v) is 6.22. The summed E-state index contributed by atoms with van der Waals surface area (Å²) in [6, 6.07) is 10.5. The molecule has 0 aromatic heterocycles. The van der Waals surface area contributed by atoms with Gasteiger partial charge in [-0.05, 0) is 42.0 Å². The Bertz CT molecular complexity index is 650. The van der Waals surface area contributed by atoms with Gasteiger partial charge in [-0.1, -0.05) is 11.6 Å². The summed E-state index contributed by atoms with van der Waals surface area (Å²) in [4.78, 5) is 0.856. The number of hydrogen-bond acceptors (Lipinski definition) is 3. The number of fused-ring (bicyclic) bond motifs is 1. The van der Waals surface area contributed by atoms with E-state index in [2.05, 4.69) is 0 Å². The lowest BCUT2D eigenvalue weighted by atomic mass is 10.1. The Balaban J connectivity index is 1.62. The predicted molar refractivity (Wildman–Crippen MR) is 81.1 cm³/mol. The fourth-order valence-electron chi connectivity index (χ4n) is 2.17. The molecule has 1 atom stereocenters. The normalized spacial score (nSPS) is 16.8. The van der Waals surface area contributed by atoms with Crippen molar-refractivity contribution >= 4 is 29.1 Å². The summed E-state index contributed by atoms with van der Waals surface area (Å²) in [5.74, 6) is 1.27. The Morgan fingerprint density at radius 1 is 1.30 bits per heavy atom. The maximum Gasteiger partial charge on any atom is 0.147 e. The second kappa shape index (κ2) is 5.54. The van der Waals surface area contributed by atoms with Crippen LogP contribution in [0, 0.1) is 5.82 Å². The molecular weight excluding hydrogens is 297 g/mol. The molecule has 3 rings (SSSR count). The van der Waals surface area contributed by atoms with Gasteiger partial charge < -0.3 is 10.5 Å². The lowest BCUT2D eigenvalue weighted by Gasteiger charge is -2.10. The molecule has 1 aliphatic rings. The molecule has 1 unspecified atom stereocenters. The summed E-state index contributed by atoms with van der Waals surface area (Å²) in [6.07, 6.45) is 0.925. The van der Waals surface area contributed by atoms with Crippen LogP contribution in [0.5, 0.6) is 5.75 Å². The Morgan fingerprint density at radius 3 is 2.95 bits per heavy atom. The van der Waals surface area contributed by atoms with E-state index in [4.69, 9.17) is 22.1 Å². The third-order valence-corrected chi connectivity index (χ3v) is 4.53. The highest BCUT2D eigenvalue weighted by Crippen LogP contribution is 2.33. The lowest BCUT2D eigenvalue weighted by Crippen LogP contribution is -2.15. The van der Waals surface area contributed by atoms with Crippen molar-refractivity contribution in [2.75, 3.05) is 11.5 Å². The van der Waals surface area contributed by atoms with Crippen molar-refractivity contribution in [3.63, 3.8) is 0 Å². The average molecular weight is 310 g/mol. The summed E-state index contributed by atoms with van der Waals surface area (Å²) in [5.41, 5.74) is 6.76. The van der Waals surface area contributed by atoms with Gasteiger partial charge in [0.1, 0.15) is 17.7 Å². The molecule has 0 amide bonds. The number of halogens is 2. The molecule has 1 heterocycles. The van der Waals surface area contributed by atoms with E-state index in [1.54, 1.807) is 17.8 Å². The number of nitrogen functional groups attached to an aromatic ring is 1. The van der Waals surface area contributed by atoms with Crippen LogP contribution in [0.1, 0.15) is 5.56 Å². The molecule has 2 N–H and O–H groups in total. The first-order valence-electron chi connectivity index (χ1n) is 6.25. The Morgan fingerprint density at radius 2 is 2.15 bits per heavy atom. The predicted octanol–water partition coefficient (Wildman–Crippen LogP) is 4.16. The van der Waals surface area contributed by atoms with Crippen molar-refractivity contribution < 1.29 is 9.13 Å². The molecule has 5 heteroatoms. The van der Waals surface area contributed by atoms with Crippen molar-refractivity contribution in [2.45, 2.75) is 17.4 Å². The van der Waals surface area contributed by atoms with Gasteiger partial charge >= 0.3 is 0 Å². The number of nitrogens with two attached hydrogens (primary N) is 1. The maximum atomic E-state index is 13.4. The zero-order valence-electron chi connectivity index (χ0n) is 10.6. The topological polar surface area (TPSA) is 35.2 Å². The van der Waals surface area contributed by atoms with Crippen molar-refractivity contribution in [3.05, 3.63) is 52.8 Å². The molecule has 1 aliphatic heterocycles. The van der Waals surface area contributed by atoms with E-state index >= 15 is 0 Å². The number of ether oxygens (including phenoxy) is 1. The smallest absolute Gasteiger partial charge is 0.147 e. The summed E-state index contributed by atoms with van der Waals surface area (Å²) in [7, 11) is 0. The van der Waals surface area contributed by atoms with E-state index in [0.717, 1.165) is 33.4 Å². The molecule has 2 aromatic rings. The molecule has 104 valence electrons. The maximum absolute atomic E-state index is 13.4. The van der Waals surface area contributed by atoms with Gasteiger partial charge in [0, 0.05) is 22.1 Å². The molecule has 2 nitrogen and oxygen atoms in total. The number of thioether (sulfide) groups is 1. The van der Waals surface area contributed by atoms with Crippen LogP contribution < -0.4 is 10.5 Å². The fourth-order valence-corrected chi connectivity index (χ4v) is 3.28. The summed E-state index contributed by atoms with van der Waals surface area (Å²) < 4.78 is 19.2. The van der Waals surface area contributed by atoms with Crippen LogP contribution in [0.4, 0.5) is 10.1 Å². The molecule has 2 aromatic carbocycles. The third-order valence-electron chi connectivity index (χ3n) is 3.17. The van der Waals surface area contributed by atoms with Gasteiger partial charge in [0.05, 0.1) is 5.69 Å². The number of hydrogen-bond donors (Lipinski definition) is 1. The number of benzene rings is 2. The number of rotatable bonds is 3. The van der Waals surface area contributed by atoms with Crippen molar-refractivity contribution in [1.82, 2.24) is 0 Å². The summed E-state index contributed by atoms with van der Waals surface area (Å²) in [5, 5.41) is 0.723. The van der Waals surface area contributed by atoms with E-state index in [1.807, 2.05) is 24.3 Å². The molecule has 0 radical (unpaired) electrons. The highest BCUT2D eigenvalue weighted by molar-refractivity contribution is 7.99. The van der Waals surface area contributed by atoms with Crippen LogP contribution >= 0.6 is 23.4 Å². The van der Waals surface area contributed by atoms with Gasteiger partial charge in [0.25, 0.3) is 0 Å². The van der Waals surface area contributed by atoms with Crippen molar-refractivity contribution in [3.8, 4) is 5.75 Å². The summed E-state index contributed by atoms with van der Waals surface area (Å²) in [6.45, 7) is 0. The zero-order chi connectivity index (χ0) is 14.1. The first-order chi connectivity index (χ1) is 9.61. The van der Waals surface area contributed by atoms with E-state index in [0.29, 0.717) is 0 Å². The van der Waals surface area contributed by atoms with Gasteiger partial charge in [-0.2, -0.15) is 0 Å². The molecule has 20 heavy (non-hydrogen) atoms. The van der Waals surface area contributed by atoms with Crippen LogP contribution in [-0.2, 0) is 6.42 Å². The fraction of sp³-hybridized carbons (Fsp3) is 0.200. The minimum atomic E-state index is -0.377. The van der Waals surface area contributed by atoms with Crippen molar-refractivity contribution in [1.29, 1.82) is 0 Å². The highest BCUT2D eigenvalue weighted by Gasteiger charge is 2.23. The second-order valence-electron chi connectivity index (χ2n) is 4.69. The Labute approximate surface area is 126 Å². The number of anilines is 1. The van der Waals surface area contributed by atoms with Crippen LogP contribution in [0.15, 0.2) is 41.3 Å². The largest absolute Gasteiger partial charge is 0.489 e. The summed E-state index contributed by atoms with van der Waals surface area (Å²) >= 11 is 7.52. The van der Waals surface area contributed by atoms with Gasteiger partial charge in [-0.3, -0.25) is 0 Å². The van der Waals surface area contributed by atoms with Crippen LogP contribution in [0.25, 0.3) is 0 Å². The van der Waals surface area contributed by atoms with Gasteiger partial charge in [0.2, 0.25) is 0 Å². The molecule has 0 saturated heterocycles.